The number of hydrogen-bond acceptors (Lipinski definition) is 5. The number of piperidine rings is 1. The maximum absolute atomic E-state index is 12.8. The average Bonchev–Trinajstić information content (AvgIpc) is 3.33. The number of sulfonamides is 1. The summed E-state index contributed by atoms with van der Waals surface area (Å²) in [6, 6.07) is 7.59. The Morgan fingerprint density at radius 1 is 1.25 bits per heavy atom. The summed E-state index contributed by atoms with van der Waals surface area (Å²) < 4.78 is 34.7. The standard InChI is InChI=1S/C19H21ClN4O3S/c1-23-12-18(22-13-23)28(25,26)24-8-2-3-15(11-24)19-21-10-17(27-19)9-14-4-6-16(20)7-5-14/h4-7,10,12-13,15H,2-3,8-9,11H2,1H3/t15-/m0/s1. The Bertz CT molecular complexity index is 1060. The van der Waals surface area contributed by atoms with Crippen molar-refractivity contribution >= 4 is 21.6 Å². The van der Waals surface area contributed by atoms with Crippen LogP contribution in [0, 0.1) is 0 Å². The number of imidazole rings is 1. The number of halogens is 1. The van der Waals surface area contributed by atoms with Crippen LogP contribution in [0.4, 0.5) is 0 Å². The van der Waals surface area contributed by atoms with Gasteiger partial charge in [-0.1, -0.05) is 23.7 Å². The third-order valence-electron chi connectivity index (χ3n) is 4.88. The molecule has 0 saturated carbocycles. The summed E-state index contributed by atoms with van der Waals surface area (Å²) >= 11 is 5.92. The van der Waals surface area contributed by atoms with Crippen molar-refractivity contribution in [3.05, 3.63) is 65.2 Å². The van der Waals surface area contributed by atoms with Crippen molar-refractivity contribution in [1.82, 2.24) is 18.8 Å². The van der Waals surface area contributed by atoms with Crippen molar-refractivity contribution < 1.29 is 12.8 Å². The highest BCUT2D eigenvalue weighted by Gasteiger charge is 2.34. The summed E-state index contributed by atoms with van der Waals surface area (Å²) in [5.74, 6) is 1.28. The van der Waals surface area contributed by atoms with E-state index < -0.39 is 10.0 Å². The summed E-state index contributed by atoms with van der Waals surface area (Å²) in [5, 5.41) is 0.768. The fraction of sp³-hybridized carbons (Fsp3) is 0.368. The van der Waals surface area contributed by atoms with E-state index in [1.165, 1.54) is 16.8 Å². The first kappa shape index (κ1) is 19.2. The molecule has 7 nitrogen and oxygen atoms in total. The molecule has 0 bridgehead atoms. The summed E-state index contributed by atoms with van der Waals surface area (Å²) in [6.07, 6.45) is 6.95. The van der Waals surface area contributed by atoms with E-state index in [0.717, 1.165) is 24.2 Å². The van der Waals surface area contributed by atoms with E-state index in [1.54, 1.807) is 17.8 Å². The molecule has 1 saturated heterocycles. The van der Waals surface area contributed by atoms with Crippen LogP contribution in [0.1, 0.15) is 36.0 Å². The molecule has 1 aromatic carbocycles. The normalized spacial score (nSPS) is 18.4. The fourth-order valence-corrected chi connectivity index (χ4v) is 5.03. The molecular formula is C19H21ClN4O3S. The van der Waals surface area contributed by atoms with Crippen molar-refractivity contribution in [2.24, 2.45) is 7.05 Å². The number of benzene rings is 1. The SMILES string of the molecule is Cn1cnc(S(=O)(=O)N2CCC[C@H](c3ncc(Cc4ccc(Cl)cc4)o3)C2)c1. The molecule has 0 radical (unpaired) electrons. The van der Waals surface area contributed by atoms with Crippen LogP contribution in [0.2, 0.25) is 5.02 Å². The van der Waals surface area contributed by atoms with Gasteiger partial charge in [0.25, 0.3) is 10.0 Å². The zero-order chi connectivity index (χ0) is 19.7. The number of nitrogens with zero attached hydrogens (tertiary/aromatic N) is 4. The van der Waals surface area contributed by atoms with Gasteiger partial charge >= 0.3 is 0 Å². The molecule has 1 aliphatic rings. The minimum absolute atomic E-state index is 0.0637. The maximum atomic E-state index is 12.8. The average molecular weight is 421 g/mol. The second kappa shape index (κ2) is 7.69. The van der Waals surface area contributed by atoms with Crippen molar-refractivity contribution in [1.29, 1.82) is 0 Å². The van der Waals surface area contributed by atoms with Gasteiger partial charge in [-0.05, 0) is 30.5 Å². The Morgan fingerprint density at radius 3 is 2.75 bits per heavy atom. The van der Waals surface area contributed by atoms with Gasteiger partial charge in [0.2, 0.25) is 0 Å². The van der Waals surface area contributed by atoms with Crippen LogP contribution in [-0.2, 0) is 23.5 Å². The zero-order valence-electron chi connectivity index (χ0n) is 15.5. The molecule has 1 atom stereocenters. The molecule has 0 unspecified atom stereocenters. The van der Waals surface area contributed by atoms with Crippen LogP contribution in [0.5, 0.6) is 0 Å². The second-order valence-electron chi connectivity index (χ2n) is 7.05. The summed E-state index contributed by atoms with van der Waals surface area (Å²) in [6.45, 7) is 0.827. The van der Waals surface area contributed by atoms with Crippen LogP contribution in [-0.4, -0.2) is 40.3 Å². The van der Waals surface area contributed by atoms with E-state index in [2.05, 4.69) is 9.97 Å². The van der Waals surface area contributed by atoms with Crippen molar-refractivity contribution in [2.75, 3.05) is 13.1 Å². The molecule has 0 N–H and O–H groups in total. The highest BCUT2D eigenvalue weighted by Crippen LogP contribution is 2.30. The molecule has 4 rings (SSSR count). The van der Waals surface area contributed by atoms with Crippen molar-refractivity contribution in [2.45, 2.75) is 30.2 Å². The van der Waals surface area contributed by atoms with Crippen molar-refractivity contribution in [3.8, 4) is 0 Å². The fourth-order valence-electron chi connectivity index (χ4n) is 3.41. The highest BCUT2D eigenvalue weighted by atomic mass is 35.5. The lowest BCUT2D eigenvalue weighted by Crippen LogP contribution is -2.39. The molecular weight excluding hydrogens is 400 g/mol. The van der Waals surface area contributed by atoms with Gasteiger partial charge in [-0.25, -0.2) is 18.4 Å². The predicted octanol–water partition coefficient (Wildman–Crippen LogP) is 3.22. The van der Waals surface area contributed by atoms with E-state index in [9.17, 15) is 8.42 Å². The molecule has 3 heterocycles. The Labute approximate surface area is 169 Å². The Kier molecular flexibility index (Phi) is 5.27. The zero-order valence-corrected chi connectivity index (χ0v) is 17.0. The van der Waals surface area contributed by atoms with Gasteiger partial charge in [0.05, 0.1) is 12.5 Å². The first-order chi connectivity index (χ1) is 13.4. The van der Waals surface area contributed by atoms with Crippen LogP contribution in [0.15, 0.2) is 52.4 Å². The first-order valence-electron chi connectivity index (χ1n) is 9.09. The van der Waals surface area contributed by atoms with Gasteiger partial charge in [0.1, 0.15) is 5.76 Å². The molecule has 1 aliphatic heterocycles. The van der Waals surface area contributed by atoms with E-state index in [-0.39, 0.29) is 10.9 Å². The number of hydrogen-bond donors (Lipinski definition) is 0. The number of oxazole rings is 1. The van der Waals surface area contributed by atoms with Gasteiger partial charge in [0.15, 0.2) is 10.9 Å². The van der Waals surface area contributed by atoms with Crippen LogP contribution in [0.25, 0.3) is 0 Å². The minimum Gasteiger partial charge on any atom is -0.445 e. The van der Waals surface area contributed by atoms with Crippen molar-refractivity contribution in [3.63, 3.8) is 0 Å². The summed E-state index contributed by atoms with van der Waals surface area (Å²) in [4.78, 5) is 8.42. The van der Waals surface area contributed by atoms with Crippen LogP contribution >= 0.6 is 11.6 Å². The molecule has 1 fully saturated rings. The smallest absolute Gasteiger partial charge is 0.262 e. The van der Waals surface area contributed by atoms with E-state index >= 15 is 0 Å². The lowest BCUT2D eigenvalue weighted by atomic mass is 10.00. The third kappa shape index (κ3) is 3.99. The van der Waals surface area contributed by atoms with E-state index in [0.29, 0.717) is 30.4 Å². The Morgan fingerprint density at radius 2 is 2.04 bits per heavy atom. The molecule has 28 heavy (non-hydrogen) atoms. The molecule has 0 aliphatic carbocycles. The minimum atomic E-state index is -3.61. The first-order valence-corrected chi connectivity index (χ1v) is 10.9. The largest absolute Gasteiger partial charge is 0.445 e. The number of aromatic nitrogens is 3. The molecule has 2 aromatic heterocycles. The molecule has 3 aromatic rings. The predicted molar refractivity (Wildman–Crippen MR) is 105 cm³/mol. The maximum Gasteiger partial charge on any atom is 0.262 e. The second-order valence-corrected chi connectivity index (χ2v) is 9.37. The quantitative estimate of drug-likeness (QED) is 0.633. The molecule has 0 amide bonds. The van der Waals surface area contributed by atoms with Gasteiger partial charge in [-0.15, -0.1) is 0 Å². The lowest BCUT2D eigenvalue weighted by Gasteiger charge is -2.29. The lowest BCUT2D eigenvalue weighted by molar-refractivity contribution is 0.281. The third-order valence-corrected chi connectivity index (χ3v) is 6.88. The van der Waals surface area contributed by atoms with Gasteiger partial charge in [-0.2, -0.15) is 4.31 Å². The summed E-state index contributed by atoms with van der Waals surface area (Å²) in [7, 11) is -1.86. The Hall–Kier alpha value is -2.16. The number of aryl methyl sites for hydroxylation is 1. The monoisotopic (exact) mass is 420 g/mol. The highest BCUT2D eigenvalue weighted by molar-refractivity contribution is 7.89. The topological polar surface area (TPSA) is 81.2 Å². The molecule has 148 valence electrons. The van der Waals surface area contributed by atoms with E-state index in [1.807, 2.05) is 24.3 Å². The number of rotatable bonds is 5. The van der Waals surface area contributed by atoms with Gasteiger partial charge in [-0.3, -0.25) is 0 Å². The molecule has 9 heteroatoms. The van der Waals surface area contributed by atoms with Crippen LogP contribution < -0.4 is 0 Å². The Balaban J connectivity index is 1.48. The van der Waals surface area contributed by atoms with E-state index in [4.69, 9.17) is 16.0 Å². The van der Waals surface area contributed by atoms with Gasteiger partial charge in [0, 0.05) is 43.7 Å². The summed E-state index contributed by atoms with van der Waals surface area (Å²) in [5.41, 5.74) is 1.08. The van der Waals surface area contributed by atoms with Crippen LogP contribution in [0.3, 0.4) is 0 Å². The van der Waals surface area contributed by atoms with Gasteiger partial charge < -0.3 is 8.98 Å². The molecule has 0 spiro atoms.